The van der Waals surface area contributed by atoms with Crippen molar-refractivity contribution in [3.63, 3.8) is 0 Å². The van der Waals surface area contributed by atoms with E-state index in [0.717, 1.165) is 0 Å². The Balaban J connectivity index is 1.48. The Bertz CT molecular complexity index is 2140. The lowest BCUT2D eigenvalue weighted by Gasteiger charge is -2.34. The van der Waals surface area contributed by atoms with Crippen LogP contribution in [0.2, 0.25) is 0 Å². The highest BCUT2D eigenvalue weighted by Crippen LogP contribution is 2.41. The summed E-state index contributed by atoms with van der Waals surface area (Å²) >= 11 is 0. The molecule has 5 aromatic carbocycles. The third kappa shape index (κ3) is 9.65. The molecule has 0 saturated carbocycles. The number of esters is 4. The molecule has 11 nitrogen and oxygen atoms in total. The van der Waals surface area contributed by atoms with E-state index in [0.29, 0.717) is 0 Å². The summed E-state index contributed by atoms with van der Waals surface area (Å²) in [5.74, 6) is -8.83. The van der Waals surface area contributed by atoms with Crippen LogP contribution in [0.4, 0.5) is 18.9 Å². The van der Waals surface area contributed by atoms with Crippen LogP contribution in [0.3, 0.4) is 0 Å². The molecule has 1 unspecified atom stereocenters. The Morgan fingerprint density at radius 2 is 0.982 bits per heavy atom. The van der Waals surface area contributed by atoms with Gasteiger partial charge in [0.1, 0.15) is 12.7 Å². The van der Waals surface area contributed by atoms with Gasteiger partial charge in [-0.05, 0) is 60.7 Å². The monoisotopic (exact) mass is 767 g/mol. The van der Waals surface area contributed by atoms with Gasteiger partial charge in [0.15, 0.2) is 12.7 Å². The first kappa shape index (κ1) is 38.9. The summed E-state index contributed by atoms with van der Waals surface area (Å²) in [6.45, 7) is -1.95. The topological polar surface area (TPSA) is 136 Å². The molecule has 4 atom stereocenters. The van der Waals surface area contributed by atoms with Gasteiger partial charge in [0.05, 0.1) is 27.9 Å². The van der Waals surface area contributed by atoms with Gasteiger partial charge >= 0.3 is 30.1 Å². The number of aliphatic imine (C=N–C) groups is 1. The van der Waals surface area contributed by atoms with E-state index in [9.17, 15) is 32.3 Å². The lowest BCUT2D eigenvalue weighted by molar-refractivity contribution is -0.248. The lowest BCUT2D eigenvalue weighted by atomic mass is 10.0. The maximum absolute atomic E-state index is 14.9. The van der Waals surface area contributed by atoms with E-state index in [2.05, 4.69) is 4.99 Å². The van der Waals surface area contributed by atoms with Crippen LogP contribution in [0.25, 0.3) is 0 Å². The molecule has 0 amide bonds. The van der Waals surface area contributed by atoms with Gasteiger partial charge in [-0.1, -0.05) is 91.0 Å². The molecule has 1 saturated heterocycles. The first-order valence-electron chi connectivity index (χ1n) is 17.1. The predicted octanol–water partition coefficient (Wildman–Crippen LogP) is 7.56. The van der Waals surface area contributed by atoms with Crippen molar-refractivity contribution in [2.24, 2.45) is 4.99 Å². The summed E-state index contributed by atoms with van der Waals surface area (Å²) in [5.41, 5.74) is -0.107. The average Bonchev–Trinajstić information content (AvgIpc) is 3.50. The molecule has 1 fully saturated rings. The van der Waals surface area contributed by atoms with Gasteiger partial charge in [0, 0.05) is 0 Å². The van der Waals surface area contributed by atoms with Gasteiger partial charge in [0.2, 0.25) is 6.10 Å². The molecule has 14 heteroatoms. The van der Waals surface area contributed by atoms with Crippen molar-refractivity contribution in [2.45, 2.75) is 30.3 Å². The van der Waals surface area contributed by atoms with Crippen molar-refractivity contribution in [3.8, 4) is 0 Å². The fourth-order valence-corrected chi connectivity index (χ4v) is 5.58. The van der Waals surface area contributed by atoms with E-state index >= 15 is 0 Å². The van der Waals surface area contributed by atoms with Gasteiger partial charge in [-0.3, -0.25) is 0 Å². The fraction of sp³-hybridized carbons (Fsp3) is 0.167. The van der Waals surface area contributed by atoms with Crippen molar-refractivity contribution in [1.29, 1.82) is 0 Å². The van der Waals surface area contributed by atoms with E-state index in [4.69, 9.17) is 28.4 Å². The zero-order valence-electron chi connectivity index (χ0n) is 29.2. The molecular weight excluding hydrogens is 735 g/mol. The van der Waals surface area contributed by atoms with Gasteiger partial charge in [-0.2, -0.15) is 13.2 Å². The minimum atomic E-state index is -5.32. The number of ether oxygens (including phenoxy) is 6. The van der Waals surface area contributed by atoms with Crippen LogP contribution in [0.1, 0.15) is 41.4 Å². The first-order chi connectivity index (χ1) is 27.0. The van der Waals surface area contributed by atoms with Gasteiger partial charge < -0.3 is 28.4 Å². The van der Waals surface area contributed by atoms with Crippen molar-refractivity contribution in [1.82, 2.24) is 0 Å². The van der Waals surface area contributed by atoms with E-state index in [1.165, 1.54) is 97.1 Å². The van der Waals surface area contributed by atoms with Crippen molar-refractivity contribution < 1.29 is 60.8 Å². The smallest absolute Gasteiger partial charge is 0.459 e. The Morgan fingerprint density at radius 3 is 1.45 bits per heavy atom. The number of carbonyl (C=O) groups excluding carboxylic acids is 4. The van der Waals surface area contributed by atoms with E-state index in [1.54, 1.807) is 54.6 Å². The normalized spacial score (nSPS) is 19.3. The average molecular weight is 768 g/mol. The molecule has 1 aliphatic rings. The number of para-hydroxylation sites is 1. The quantitative estimate of drug-likeness (QED) is 0.0542. The summed E-state index contributed by atoms with van der Waals surface area (Å²) in [4.78, 5) is 57.5. The summed E-state index contributed by atoms with van der Waals surface area (Å²) in [5, 5.41) is 0. The van der Waals surface area contributed by atoms with Crippen LogP contribution < -0.4 is 0 Å². The molecule has 0 aromatic heterocycles. The van der Waals surface area contributed by atoms with Gasteiger partial charge in [-0.25, -0.2) is 24.2 Å². The van der Waals surface area contributed by atoms with Gasteiger partial charge in [-0.15, -0.1) is 0 Å². The number of halogens is 3. The molecule has 286 valence electrons. The van der Waals surface area contributed by atoms with E-state index < -0.39 is 73.3 Å². The fourth-order valence-electron chi connectivity index (χ4n) is 5.58. The van der Waals surface area contributed by atoms with Crippen LogP contribution in [-0.2, 0) is 28.4 Å². The summed E-state index contributed by atoms with van der Waals surface area (Å²) in [7, 11) is 0. The summed E-state index contributed by atoms with van der Waals surface area (Å²) < 4.78 is 79.4. The Hall–Kier alpha value is -6.80. The minimum Gasteiger partial charge on any atom is -0.459 e. The second-order valence-electron chi connectivity index (χ2n) is 12.2. The maximum Gasteiger partial charge on any atom is 0.468 e. The highest BCUT2D eigenvalue weighted by molar-refractivity contribution is 5.92. The Morgan fingerprint density at radius 1 is 0.571 bits per heavy atom. The van der Waals surface area contributed by atoms with Crippen molar-refractivity contribution in [2.75, 3.05) is 13.2 Å². The molecule has 6 rings (SSSR count). The zero-order valence-corrected chi connectivity index (χ0v) is 29.2. The van der Waals surface area contributed by atoms with Crippen LogP contribution in [0, 0.1) is 0 Å². The molecule has 0 N–H and O–H groups in total. The van der Waals surface area contributed by atoms with Gasteiger partial charge in [0.25, 0.3) is 11.7 Å². The SMILES string of the molecule is O=C(OC[C@H]1OC(COC(=O)c2ccccc2)(OC(=Nc2ccccc2)C(F)(F)F)[C@@H](OC(=O)c2ccccc2)[C@@H]1OC(=O)c1ccccc1)c1ccccc1. The third-order valence-electron chi connectivity index (χ3n) is 8.25. The second-order valence-corrected chi connectivity index (χ2v) is 12.2. The predicted molar refractivity (Wildman–Crippen MR) is 193 cm³/mol. The first-order valence-corrected chi connectivity index (χ1v) is 17.1. The van der Waals surface area contributed by atoms with Crippen molar-refractivity contribution in [3.05, 3.63) is 174 Å². The lowest BCUT2D eigenvalue weighted by Crippen LogP contribution is -2.55. The molecule has 0 radical (unpaired) electrons. The molecule has 0 aliphatic carbocycles. The Kier molecular flexibility index (Phi) is 12.2. The minimum absolute atomic E-state index is 0.00729. The molecule has 0 spiro atoms. The molecule has 5 aromatic rings. The summed E-state index contributed by atoms with van der Waals surface area (Å²) in [6, 6.07) is 37.1. The van der Waals surface area contributed by atoms with E-state index in [-0.39, 0.29) is 27.9 Å². The van der Waals surface area contributed by atoms with Crippen LogP contribution in [-0.4, -0.2) is 73.3 Å². The largest absolute Gasteiger partial charge is 0.468 e. The van der Waals surface area contributed by atoms with Crippen LogP contribution in [0.5, 0.6) is 0 Å². The zero-order chi connectivity index (χ0) is 39.5. The maximum atomic E-state index is 14.9. The molecule has 56 heavy (non-hydrogen) atoms. The molecule has 1 heterocycles. The number of hydrogen-bond donors (Lipinski definition) is 0. The number of alkyl halides is 3. The van der Waals surface area contributed by atoms with E-state index in [1.807, 2.05) is 0 Å². The van der Waals surface area contributed by atoms with Crippen molar-refractivity contribution >= 4 is 35.5 Å². The number of benzene rings is 5. The summed E-state index contributed by atoms with van der Waals surface area (Å²) in [6.07, 6.45) is -11.0. The second kappa shape index (κ2) is 17.6. The Labute approximate surface area is 318 Å². The van der Waals surface area contributed by atoms with Crippen LogP contribution >= 0.6 is 0 Å². The standard InChI is InChI=1S/C42H32F3NO10/c43-42(44,45)40(46-32-24-14-5-15-25-32)56-41(27-52-37(48)29-18-8-2-9-19-29)35(54-39(50)31-22-12-4-13-23-31)34(53-38(49)30-20-10-3-11-21-30)33(55-41)26-51-36(47)28-16-6-1-7-17-28/h1-25,33-35H,26-27H2/t33-,34-,35+,41?/m1/s1. The molecular formula is C42H32F3NO10. The third-order valence-corrected chi connectivity index (χ3v) is 8.25. The molecule has 1 aliphatic heterocycles. The number of rotatable bonds is 12. The van der Waals surface area contributed by atoms with Crippen LogP contribution in [0.15, 0.2) is 157 Å². The number of hydrogen-bond acceptors (Lipinski definition) is 11. The highest BCUT2D eigenvalue weighted by Gasteiger charge is 2.65. The highest BCUT2D eigenvalue weighted by atomic mass is 19.4. The number of carbonyl (C=O) groups is 4. The molecule has 0 bridgehead atoms. The number of nitrogens with zero attached hydrogens (tertiary/aromatic N) is 1.